The van der Waals surface area contributed by atoms with Gasteiger partial charge in [0, 0.05) is 18.7 Å². The van der Waals surface area contributed by atoms with Crippen molar-refractivity contribution in [2.75, 3.05) is 13.1 Å². The normalized spacial score (nSPS) is 16.3. The van der Waals surface area contributed by atoms with Gasteiger partial charge in [-0.05, 0) is 63.4 Å². The predicted octanol–water partition coefficient (Wildman–Crippen LogP) is 3.36. The highest BCUT2D eigenvalue weighted by Gasteiger charge is 2.36. The van der Waals surface area contributed by atoms with Crippen LogP contribution in [0.2, 0.25) is 0 Å². The van der Waals surface area contributed by atoms with Gasteiger partial charge in [-0.15, -0.1) is 0 Å². The van der Waals surface area contributed by atoms with Gasteiger partial charge in [0.05, 0.1) is 5.60 Å². The number of aliphatic carboxylic acids is 1. The molecule has 1 aliphatic heterocycles. The fraction of sp³-hybridized carbons (Fsp3) is 0.391. The van der Waals surface area contributed by atoms with Crippen LogP contribution in [0, 0.1) is 6.92 Å². The third-order valence-corrected chi connectivity index (χ3v) is 5.44. The van der Waals surface area contributed by atoms with Crippen LogP contribution in [0.4, 0.5) is 0 Å². The molecule has 154 valence electrons. The molecule has 3 rings (SSSR count). The van der Waals surface area contributed by atoms with Crippen molar-refractivity contribution in [3.05, 3.63) is 65.2 Å². The van der Waals surface area contributed by atoms with Crippen molar-refractivity contribution in [3.8, 4) is 5.75 Å². The maximum Gasteiger partial charge on any atom is 0.347 e. The number of likely N-dealkylation sites (tertiary alicyclic amines) is 1. The summed E-state index contributed by atoms with van der Waals surface area (Å²) in [6.45, 7) is 5.81. The van der Waals surface area contributed by atoms with Gasteiger partial charge in [-0.3, -0.25) is 4.79 Å². The predicted molar refractivity (Wildman–Crippen MR) is 109 cm³/mol. The van der Waals surface area contributed by atoms with Crippen LogP contribution in [0.25, 0.3) is 0 Å². The van der Waals surface area contributed by atoms with Crippen molar-refractivity contribution in [2.45, 2.75) is 44.8 Å². The minimum Gasteiger partial charge on any atom is -0.478 e. The molecule has 0 radical (unpaired) electrons. The van der Waals surface area contributed by atoms with E-state index in [-0.39, 0.29) is 5.91 Å². The van der Waals surface area contributed by atoms with Crippen molar-refractivity contribution in [1.29, 1.82) is 0 Å². The molecule has 29 heavy (non-hydrogen) atoms. The van der Waals surface area contributed by atoms with E-state index in [9.17, 15) is 19.8 Å². The Labute approximate surface area is 170 Å². The average molecular weight is 397 g/mol. The van der Waals surface area contributed by atoms with E-state index >= 15 is 0 Å². The van der Waals surface area contributed by atoms with Crippen LogP contribution in [-0.2, 0) is 10.4 Å². The highest BCUT2D eigenvalue weighted by Crippen LogP contribution is 2.35. The number of hydrogen-bond donors (Lipinski definition) is 2. The van der Waals surface area contributed by atoms with Gasteiger partial charge in [0.1, 0.15) is 5.75 Å². The van der Waals surface area contributed by atoms with Crippen LogP contribution in [0.3, 0.4) is 0 Å². The molecule has 6 nitrogen and oxygen atoms in total. The monoisotopic (exact) mass is 397 g/mol. The van der Waals surface area contributed by atoms with E-state index in [1.54, 1.807) is 29.2 Å². The first-order valence-corrected chi connectivity index (χ1v) is 9.72. The van der Waals surface area contributed by atoms with Crippen molar-refractivity contribution < 1.29 is 24.5 Å². The quantitative estimate of drug-likeness (QED) is 0.808. The van der Waals surface area contributed by atoms with Crippen LogP contribution >= 0.6 is 0 Å². The molecule has 0 unspecified atom stereocenters. The molecule has 1 heterocycles. The number of carboxylic acid groups (broad SMARTS) is 1. The summed E-state index contributed by atoms with van der Waals surface area (Å²) in [6.07, 6.45) is 0.798. The van der Waals surface area contributed by atoms with E-state index < -0.39 is 17.2 Å². The first kappa shape index (κ1) is 20.9. The van der Waals surface area contributed by atoms with Gasteiger partial charge in [-0.1, -0.05) is 29.8 Å². The minimum atomic E-state index is -1.37. The minimum absolute atomic E-state index is 0.0349. The molecule has 2 aromatic rings. The maximum atomic E-state index is 12.7. The second-order valence-corrected chi connectivity index (χ2v) is 8.14. The summed E-state index contributed by atoms with van der Waals surface area (Å²) in [5.74, 6) is -0.710. The highest BCUT2D eigenvalue weighted by atomic mass is 16.5. The molecule has 1 fully saturated rings. The number of aliphatic hydroxyl groups is 1. The van der Waals surface area contributed by atoms with Crippen molar-refractivity contribution in [3.63, 3.8) is 0 Å². The molecule has 0 spiro atoms. The fourth-order valence-corrected chi connectivity index (χ4v) is 3.43. The summed E-state index contributed by atoms with van der Waals surface area (Å²) in [5, 5.41) is 20.4. The molecule has 1 saturated heterocycles. The zero-order valence-corrected chi connectivity index (χ0v) is 17.0. The van der Waals surface area contributed by atoms with E-state index in [1.807, 2.05) is 31.2 Å². The summed E-state index contributed by atoms with van der Waals surface area (Å²) in [6, 6.07) is 14.4. The summed E-state index contributed by atoms with van der Waals surface area (Å²) in [5.41, 5.74) is -0.0457. The summed E-state index contributed by atoms with van der Waals surface area (Å²) in [7, 11) is 0. The Hall–Kier alpha value is -2.86. The maximum absolute atomic E-state index is 12.7. The molecule has 0 atom stereocenters. The molecule has 0 aromatic heterocycles. The molecule has 6 heteroatoms. The largest absolute Gasteiger partial charge is 0.478 e. The van der Waals surface area contributed by atoms with Crippen LogP contribution in [0.5, 0.6) is 5.75 Å². The van der Waals surface area contributed by atoms with E-state index in [1.165, 1.54) is 13.8 Å². The summed E-state index contributed by atoms with van der Waals surface area (Å²) < 4.78 is 5.59. The first-order chi connectivity index (χ1) is 13.6. The van der Waals surface area contributed by atoms with Gasteiger partial charge in [0.15, 0.2) is 5.60 Å². The third-order valence-electron chi connectivity index (χ3n) is 5.44. The average Bonchev–Trinajstić information content (AvgIpc) is 2.68. The Morgan fingerprint density at radius 2 is 1.69 bits per heavy atom. The van der Waals surface area contributed by atoms with Gasteiger partial charge >= 0.3 is 5.97 Å². The molecule has 2 aromatic carbocycles. The van der Waals surface area contributed by atoms with Gasteiger partial charge in [-0.2, -0.15) is 0 Å². The van der Waals surface area contributed by atoms with Crippen LogP contribution < -0.4 is 4.74 Å². The number of rotatable bonds is 5. The molecule has 1 amide bonds. The Bertz CT molecular complexity index is 896. The number of piperidine rings is 1. The Morgan fingerprint density at radius 3 is 2.28 bits per heavy atom. The molecule has 1 aliphatic rings. The third kappa shape index (κ3) is 4.59. The molecule has 0 saturated carbocycles. The zero-order chi connectivity index (χ0) is 21.2. The van der Waals surface area contributed by atoms with Gasteiger partial charge < -0.3 is 19.8 Å². The van der Waals surface area contributed by atoms with Gasteiger partial charge in [-0.25, -0.2) is 4.79 Å². The smallest absolute Gasteiger partial charge is 0.347 e. The lowest BCUT2D eigenvalue weighted by atomic mass is 9.84. The lowest BCUT2D eigenvalue weighted by Gasteiger charge is -2.38. The van der Waals surface area contributed by atoms with Gasteiger partial charge in [0.25, 0.3) is 5.91 Å². The van der Waals surface area contributed by atoms with E-state index in [4.69, 9.17) is 4.74 Å². The number of aryl methyl sites for hydroxylation is 1. The lowest BCUT2D eigenvalue weighted by Crippen LogP contribution is -2.45. The van der Waals surface area contributed by atoms with E-state index in [2.05, 4.69) is 0 Å². The number of nitrogens with zero attached hydrogens (tertiary/aromatic N) is 1. The fourth-order valence-electron chi connectivity index (χ4n) is 3.43. The number of carbonyl (C=O) groups is 2. The van der Waals surface area contributed by atoms with Crippen LogP contribution in [0.15, 0.2) is 48.5 Å². The summed E-state index contributed by atoms with van der Waals surface area (Å²) in [4.78, 5) is 25.8. The standard InChI is InChI=1S/C23H27NO5/c1-16-7-9-17(10-8-16)20(25)24-13-11-23(28,12-14-24)18-5-4-6-19(15-18)29-22(2,3)21(26)27/h4-10,15,28H,11-14H2,1-3H3,(H,26,27). The number of benzene rings is 2. The van der Waals surface area contributed by atoms with Crippen molar-refractivity contribution in [1.82, 2.24) is 4.90 Å². The van der Waals surface area contributed by atoms with E-state index in [0.717, 1.165) is 5.56 Å². The molecule has 2 N–H and O–H groups in total. The molecule has 0 bridgehead atoms. The van der Waals surface area contributed by atoms with Crippen molar-refractivity contribution >= 4 is 11.9 Å². The Morgan fingerprint density at radius 1 is 1.07 bits per heavy atom. The van der Waals surface area contributed by atoms with Crippen LogP contribution in [-0.4, -0.2) is 45.7 Å². The SMILES string of the molecule is Cc1ccc(C(=O)N2CCC(O)(c3cccc(OC(C)(C)C(=O)O)c3)CC2)cc1. The zero-order valence-electron chi connectivity index (χ0n) is 17.0. The van der Waals surface area contributed by atoms with Crippen molar-refractivity contribution in [2.24, 2.45) is 0 Å². The molecular formula is C23H27NO5. The number of carbonyl (C=O) groups excluding carboxylic acids is 1. The Kier molecular flexibility index (Phi) is 5.66. The number of hydrogen-bond acceptors (Lipinski definition) is 4. The van der Waals surface area contributed by atoms with Gasteiger partial charge in [0.2, 0.25) is 0 Å². The second kappa shape index (κ2) is 7.87. The number of amides is 1. The lowest BCUT2D eigenvalue weighted by molar-refractivity contribution is -0.152. The van der Waals surface area contributed by atoms with Crippen LogP contribution in [0.1, 0.15) is 48.2 Å². The molecular weight excluding hydrogens is 370 g/mol. The Balaban J connectivity index is 1.70. The van der Waals surface area contributed by atoms with E-state index in [0.29, 0.717) is 42.8 Å². The number of carboxylic acids is 1. The topological polar surface area (TPSA) is 87.1 Å². The second-order valence-electron chi connectivity index (χ2n) is 8.14. The first-order valence-electron chi connectivity index (χ1n) is 9.72. The highest BCUT2D eigenvalue weighted by molar-refractivity contribution is 5.94. The molecule has 0 aliphatic carbocycles. The number of ether oxygens (including phenoxy) is 1. The summed E-state index contributed by atoms with van der Waals surface area (Å²) >= 11 is 0.